The van der Waals surface area contributed by atoms with Crippen LogP contribution in [0.25, 0.3) is 0 Å². The Kier molecular flexibility index (Phi) is 5.55. The maximum absolute atomic E-state index is 6.37. The molecule has 0 amide bonds. The Hall–Kier alpha value is -1.78. The van der Waals surface area contributed by atoms with Gasteiger partial charge in [0, 0.05) is 45.2 Å². The van der Waals surface area contributed by atoms with Gasteiger partial charge in [0.05, 0.1) is 12.7 Å². The van der Waals surface area contributed by atoms with Gasteiger partial charge in [-0.25, -0.2) is 0 Å². The van der Waals surface area contributed by atoms with E-state index in [0.29, 0.717) is 0 Å². The standard InChI is InChI=1S/C23H32N2O2/c1-24-12-3-4-21(24)18-25-13-10-23(11-14-25)17-20(9-15-27-23)16-19-5-7-22(26-2)8-6-19/h3-8,12,20H,9-11,13-18H2,1-2H3. The Labute approximate surface area is 163 Å². The van der Waals surface area contributed by atoms with E-state index >= 15 is 0 Å². The van der Waals surface area contributed by atoms with Crippen molar-refractivity contribution in [3.8, 4) is 5.75 Å². The molecule has 0 radical (unpaired) electrons. The van der Waals surface area contributed by atoms with Crippen LogP contribution in [-0.2, 0) is 24.8 Å². The van der Waals surface area contributed by atoms with Gasteiger partial charge in [0.1, 0.15) is 5.75 Å². The van der Waals surface area contributed by atoms with E-state index in [1.807, 2.05) is 0 Å². The minimum atomic E-state index is 0.111. The van der Waals surface area contributed by atoms with Gasteiger partial charge in [0.15, 0.2) is 0 Å². The predicted octanol–water partition coefficient (Wildman–Crippen LogP) is 4.04. The quantitative estimate of drug-likeness (QED) is 0.797. The molecule has 4 rings (SSSR count). The van der Waals surface area contributed by atoms with E-state index < -0.39 is 0 Å². The summed E-state index contributed by atoms with van der Waals surface area (Å²) >= 11 is 0. The topological polar surface area (TPSA) is 26.6 Å². The first kappa shape index (κ1) is 18.6. The molecular formula is C23H32N2O2. The third kappa shape index (κ3) is 4.39. The molecule has 2 aliphatic heterocycles. The molecule has 0 saturated carbocycles. The highest BCUT2D eigenvalue weighted by molar-refractivity contribution is 5.27. The van der Waals surface area contributed by atoms with Gasteiger partial charge in [-0.05, 0) is 67.9 Å². The van der Waals surface area contributed by atoms with E-state index in [-0.39, 0.29) is 5.60 Å². The van der Waals surface area contributed by atoms with E-state index in [0.717, 1.165) is 57.2 Å². The summed E-state index contributed by atoms with van der Waals surface area (Å²) in [6.07, 6.45) is 8.00. The van der Waals surface area contributed by atoms with Crippen molar-refractivity contribution in [2.45, 2.75) is 44.2 Å². The van der Waals surface area contributed by atoms with Crippen LogP contribution in [0.1, 0.15) is 36.9 Å². The van der Waals surface area contributed by atoms with Crippen LogP contribution in [0.3, 0.4) is 0 Å². The molecule has 1 aromatic carbocycles. The van der Waals surface area contributed by atoms with Crippen molar-refractivity contribution in [2.75, 3.05) is 26.8 Å². The number of likely N-dealkylation sites (tertiary alicyclic amines) is 1. The smallest absolute Gasteiger partial charge is 0.118 e. The molecule has 2 aromatic rings. The van der Waals surface area contributed by atoms with Gasteiger partial charge in [0.25, 0.3) is 0 Å². The molecule has 1 aromatic heterocycles. The van der Waals surface area contributed by atoms with Gasteiger partial charge >= 0.3 is 0 Å². The van der Waals surface area contributed by atoms with Crippen LogP contribution in [0.2, 0.25) is 0 Å². The number of hydrogen-bond donors (Lipinski definition) is 0. The van der Waals surface area contributed by atoms with Crippen LogP contribution in [0, 0.1) is 5.92 Å². The third-order valence-corrected chi connectivity index (χ3v) is 6.48. The summed E-state index contributed by atoms with van der Waals surface area (Å²) in [6.45, 7) is 4.24. The van der Waals surface area contributed by atoms with Gasteiger partial charge < -0.3 is 14.0 Å². The van der Waals surface area contributed by atoms with Crippen molar-refractivity contribution in [2.24, 2.45) is 13.0 Å². The van der Waals surface area contributed by atoms with Gasteiger partial charge in [-0.15, -0.1) is 0 Å². The molecule has 146 valence electrons. The van der Waals surface area contributed by atoms with E-state index in [4.69, 9.17) is 9.47 Å². The lowest BCUT2D eigenvalue weighted by atomic mass is 9.77. The Bertz CT molecular complexity index is 729. The zero-order chi connectivity index (χ0) is 18.7. The van der Waals surface area contributed by atoms with Gasteiger partial charge in [0.2, 0.25) is 0 Å². The third-order valence-electron chi connectivity index (χ3n) is 6.48. The first-order valence-electron chi connectivity index (χ1n) is 10.3. The van der Waals surface area contributed by atoms with Crippen LogP contribution in [0.5, 0.6) is 5.75 Å². The maximum Gasteiger partial charge on any atom is 0.118 e. The van der Waals surface area contributed by atoms with Crippen molar-refractivity contribution in [3.05, 3.63) is 53.9 Å². The molecule has 2 saturated heterocycles. The van der Waals surface area contributed by atoms with Crippen molar-refractivity contribution in [3.63, 3.8) is 0 Å². The fraction of sp³-hybridized carbons (Fsp3) is 0.565. The highest BCUT2D eigenvalue weighted by Crippen LogP contribution is 2.39. The summed E-state index contributed by atoms with van der Waals surface area (Å²) in [5, 5.41) is 0. The number of hydrogen-bond acceptors (Lipinski definition) is 3. The van der Waals surface area contributed by atoms with Crippen LogP contribution in [-0.4, -0.2) is 41.9 Å². The van der Waals surface area contributed by atoms with Crippen LogP contribution >= 0.6 is 0 Å². The number of aryl methyl sites for hydroxylation is 1. The number of rotatable bonds is 5. The minimum Gasteiger partial charge on any atom is -0.497 e. The largest absolute Gasteiger partial charge is 0.497 e. The molecule has 1 atom stereocenters. The number of nitrogens with zero attached hydrogens (tertiary/aromatic N) is 2. The van der Waals surface area contributed by atoms with Gasteiger partial charge in [-0.3, -0.25) is 4.90 Å². The van der Waals surface area contributed by atoms with Crippen molar-refractivity contribution < 1.29 is 9.47 Å². The highest BCUT2D eigenvalue weighted by atomic mass is 16.5. The summed E-state index contributed by atoms with van der Waals surface area (Å²) in [4.78, 5) is 2.58. The van der Waals surface area contributed by atoms with E-state index in [2.05, 4.69) is 59.1 Å². The van der Waals surface area contributed by atoms with Crippen molar-refractivity contribution >= 4 is 0 Å². The Morgan fingerprint density at radius 2 is 1.93 bits per heavy atom. The highest BCUT2D eigenvalue weighted by Gasteiger charge is 2.40. The summed E-state index contributed by atoms with van der Waals surface area (Å²) in [5.74, 6) is 1.67. The second-order valence-electron chi connectivity index (χ2n) is 8.33. The summed E-state index contributed by atoms with van der Waals surface area (Å²) in [5.41, 5.74) is 2.92. The van der Waals surface area contributed by atoms with Gasteiger partial charge in [-0.1, -0.05) is 12.1 Å². The molecule has 0 N–H and O–H groups in total. The molecule has 2 aliphatic rings. The second-order valence-corrected chi connectivity index (χ2v) is 8.33. The number of piperidine rings is 1. The van der Waals surface area contributed by atoms with Crippen LogP contribution < -0.4 is 4.74 Å². The molecule has 4 nitrogen and oxygen atoms in total. The summed E-state index contributed by atoms with van der Waals surface area (Å²) < 4.78 is 13.9. The number of ether oxygens (including phenoxy) is 2. The number of methoxy groups -OCH3 is 1. The molecule has 1 unspecified atom stereocenters. The second kappa shape index (κ2) is 8.07. The van der Waals surface area contributed by atoms with Crippen molar-refractivity contribution in [1.82, 2.24) is 9.47 Å². The lowest BCUT2D eigenvalue weighted by molar-refractivity contribution is -0.127. The number of aromatic nitrogens is 1. The predicted molar refractivity (Wildman–Crippen MR) is 108 cm³/mol. The minimum absolute atomic E-state index is 0.111. The van der Waals surface area contributed by atoms with E-state index in [9.17, 15) is 0 Å². The van der Waals surface area contributed by atoms with Crippen LogP contribution in [0.15, 0.2) is 42.6 Å². The Morgan fingerprint density at radius 1 is 1.15 bits per heavy atom. The fourth-order valence-corrected chi connectivity index (χ4v) is 4.76. The first-order chi connectivity index (χ1) is 13.2. The van der Waals surface area contributed by atoms with E-state index in [1.54, 1.807) is 7.11 Å². The average molecular weight is 369 g/mol. The fourth-order valence-electron chi connectivity index (χ4n) is 4.76. The summed E-state index contributed by atoms with van der Waals surface area (Å²) in [7, 11) is 3.86. The SMILES string of the molecule is COc1ccc(CC2CCOC3(CCN(Cc4cccn4C)CC3)C2)cc1. The molecule has 1 spiro atoms. The molecule has 0 bridgehead atoms. The summed E-state index contributed by atoms with van der Waals surface area (Å²) in [6, 6.07) is 12.9. The zero-order valence-corrected chi connectivity index (χ0v) is 16.7. The molecule has 27 heavy (non-hydrogen) atoms. The van der Waals surface area contributed by atoms with Gasteiger partial charge in [-0.2, -0.15) is 0 Å². The monoisotopic (exact) mass is 368 g/mol. The number of benzene rings is 1. The molecule has 3 heterocycles. The van der Waals surface area contributed by atoms with Crippen molar-refractivity contribution in [1.29, 1.82) is 0 Å². The molecule has 2 fully saturated rings. The zero-order valence-electron chi connectivity index (χ0n) is 16.7. The molecule has 4 heteroatoms. The first-order valence-corrected chi connectivity index (χ1v) is 10.3. The molecular weight excluding hydrogens is 336 g/mol. The maximum atomic E-state index is 6.37. The van der Waals surface area contributed by atoms with Crippen LogP contribution in [0.4, 0.5) is 0 Å². The Balaban J connectivity index is 1.32. The average Bonchev–Trinajstić information content (AvgIpc) is 3.09. The van der Waals surface area contributed by atoms with E-state index in [1.165, 1.54) is 24.1 Å². The molecule has 0 aliphatic carbocycles. The lowest BCUT2D eigenvalue weighted by Gasteiger charge is -2.46. The Morgan fingerprint density at radius 3 is 2.59 bits per heavy atom. The lowest BCUT2D eigenvalue weighted by Crippen LogP contribution is -2.49. The normalized spacial score (nSPS) is 22.8.